The van der Waals surface area contributed by atoms with Crippen LogP contribution in [0, 0.1) is 19.4 Å². The summed E-state index contributed by atoms with van der Waals surface area (Å²) in [7, 11) is 0. The van der Waals surface area contributed by atoms with E-state index >= 15 is 0 Å². The molecule has 0 bridgehead atoms. The second-order valence-electron chi connectivity index (χ2n) is 5.65. The van der Waals surface area contributed by atoms with Crippen LogP contribution in [0.2, 0.25) is 0 Å². The van der Waals surface area contributed by atoms with Gasteiger partial charge >= 0.3 is 5.97 Å². The summed E-state index contributed by atoms with van der Waals surface area (Å²) >= 11 is 1.27. The molecule has 1 aromatic carbocycles. The Morgan fingerprint density at radius 2 is 2.17 bits per heavy atom. The van der Waals surface area contributed by atoms with Gasteiger partial charge in [-0.05, 0) is 31.9 Å². The van der Waals surface area contributed by atoms with Gasteiger partial charge in [0.25, 0.3) is 0 Å². The molecule has 0 aliphatic rings. The highest BCUT2D eigenvalue weighted by Gasteiger charge is 2.18. The molecule has 0 spiro atoms. The van der Waals surface area contributed by atoms with E-state index in [9.17, 15) is 4.79 Å². The number of benzene rings is 1. The number of nitrogens with zero attached hydrogens (tertiary/aromatic N) is 2. The molecule has 1 aromatic heterocycles. The topological polar surface area (TPSA) is 52.8 Å². The third kappa shape index (κ3) is 4.12. The molecule has 2 rings (SSSR count). The van der Waals surface area contributed by atoms with Crippen molar-refractivity contribution >= 4 is 23.0 Å². The Balaban J connectivity index is 2.31. The molecule has 5 nitrogen and oxygen atoms in total. The SMILES string of the molecule is [C-]#[N+]c1cc(-c2nc(C)c(C(=O)OCC)s2)ccc1OCC(C)C. The fraction of sp³-hybridized carbons (Fsp3) is 0.389. The average Bonchev–Trinajstić information content (AvgIpc) is 2.94. The average molecular weight is 344 g/mol. The van der Waals surface area contributed by atoms with Crippen molar-refractivity contribution in [2.45, 2.75) is 27.7 Å². The Morgan fingerprint density at radius 1 is 1.42 bits per heavy atom. The number of carbonyl (C=O) groups excluding carboxylic acids is 1. The van der Waals surface area contributed by atoms with Crippen LogP contribution in [-0.4, -0.2) is 24.2 Å². The number of aryl methyl sites for hydroxylation is 1. The highest BCUT2D eigenvalue weighted by atomic mass is 32.1. The van der Waals surface area contributed by atoms with Gasteiger partial charge in [-0.3, -0.25) is 0 Å². The number of hydrogen-bond donors (Lipinski definition) is 0. The monoisotopic (exact) mass is 344 g/mol. The van der Waals surface area contributed by atoms with Crippen LogP contribution >= 0.6 is 11.3 Å². The zero-order valence-corrected chi connectivity index (χ0v) is 15.1. The summed E-state index contributed by atoms with van der Waals surface area (Å²) < 4.78 is 10.7. The number of aromatic nitrogens is 1. The lowest BCUT2D eigenvalue weighted by atomic mass is 10.2. The van der Waals surface area contributed by atoms with Gasteiger partial charge in [-0.25, -0.2) is 14.6 Å². The lowest BCUT2D eigenvalue weighted by Crippen LogP contribution is -2.04. The fourth-order valence-electron chi connectivity index (χ4n) is 2.02. The van der Waals surface area contributed by atoms with E-state index in [0.29, 0.717) is 46.1 Å². The normalized spacial score (nSPS) is 10.5. The van der Waals surface area contributed by atoms with Gasteiger partial charge < -0.3 is 9.47 Å². The van der Waals surface area contributed by atoms with Gasteiger partial charge in [-0.15, -0.1) is 11.3 Å². The standard InChI is InChI=1S/C18H20N2O3S/c1-6-22-18(21)16-12(4)20-17(24-16)13-7-8-15(14(9-13)19-5)23-10-11(2)3/h7-9,11H,6,10H2,1-4H3. The van der Waals surface area contributed by atoms with E-state index in [1.165, 1.54) is 11.3 Å². The van der Waals surface area contributed by atoms with Crippen LogP contribution in [0.1, 0.15) is 36.1 Å². The van der Waals surface area contributed by atoms with Crippen molar-refractivity contribution in [1.82, 2.24) is 4.98 Å². The van der Waals surface area contributed by atoms with Gasteiger partial charge in [-0.2, -0.15) is 0 Å². The molecule has 126 valence electrons. The van der Waals surface area contributed by atoms with Crippen molar-refractivity contribution < 1.29 is 14.3 Å². The van der Waals surface area contributed by atoms with Gasteiger partial charge in [0.15, 0.2) is 0 Å². The Morgan fingerprint density at radius 3 is 2.79 bits per heavy atom. The number of esters is 1. The molecule has 0 aliphatic heterocycles. The first kappa shape index (κ1) is 18.0. The Labute approximate surface area is 146 Å². The minimum absolute atomic E-state index is 0.329. The van der Waals surface area contributed by atoms with E-state index in [0.717, 1.165) is 5.56 Å². The molecule has 1 heterocycles. The fourth-order valence-corrected chi connectivity index (χ4v) is 2.98. The first-order valence-corrected chi connectivity index (χ1v) is 8.57. The molecule has 0 fully saturated rings. The third-order valence-corrected chi connectivity index (χ3v) is 4.34. The molecular formula is C18H20N2O3S. The zero-order chi connectivity index (χ0) is 17.7. The highest BCUT2D eigenvalue weighted by molar-refractivity contribution is 7.17. The van der Waals surface area contributed by atoms with E-state index in [2.05, 4.69) is 23.7 Å². The van der Waals surface area contributed by atoms with E-state index < -0.39 is 0 Å². The predicted octanol–water partition coefficient (Wildman–Crippen LogP) is 4.88. The van der Waals surface area contributed by atoms with Crippen molar-refractivity contribution in [1.29, 1.82) is 0 Å². The van der Waals surface area contributed by atoms with E-state index in [-0.39, 0.29) is 5.97 Å². The van der Waals surface area contributed by atoms with E-state index in [4.69, 9.17) is 16.0 Å². The van der Waals surface area contributed by atoms with Gasteiger partial charge in [-0.1, -0.05) is 19.9 Å². The van der Waals surface area contributed by atoms with Crippen LogP contribution in [-0.2, 0) is 4.74 Å². The van der Waals surface area contributed by atoms with Crippen LogP contribution in [0.15, 0.2) is 18.2 Å². The quantitative estimate of drug-likeness (QED) is 0.553. The van der Waals surface area contributed by atoms with Crippen molar-refractivity contribution in [2.24, 2.45) is 5.92 Å². The molecule has 0 aliphatic carbocycles. The number of ether oxygens (including phenoxy) is 2. The highest BCUT2D eigenvalue weighted by Crippen LogP contribution is 2.35. The van der Waals surface area contributed by atoms with Crippen LogP contribution < -0.4 is 4.74 Å². The summed E-state index contributed by atoms with van der Waals surface area (Å²) in [5.41, 5.74) is 1.87. The Bertz CT molecular complexity index is 775. The molecule has 0 N–H and O–H groups in total. The largest absolute Gasteiger partial charge is 0.504 e. The van der Waals surface area contributed by atoms with Gasteiger partial charge in [0.1, 0.15) is 15.6 Å². The second-order valence-corrected chi connectivity index (χ2v) is 6.65. The third-order valence-electron chi connectivity index (χ3n) is 3.16. The smallest absolute Gasteiger partial charge is 0.350 e. The molecule has 0 radical (unpaired) electrons. The first-order valence-electron chi connectivity index (χ1n) is 7.75. The number of thiazole rings is 1. The lowest BCUT2D eigenvalue weighted by molar-refractivity contribution is 0.0531. The molecule has 24 heavy (non-hydrogen) atoms. The van der Waals surface area contributed by atoms with Crippen LogP contribution in [0.25, 0.3) is 15.4 Å². The van der Waals surface area contributed by atoms with E-state index in [1.807, 2.05) is 6.07 Å². The Hall–Kier alpha value is -2.39. The van der Waals surface area contributed by atoms with Crippen molar-refractivity contribution in [3.8, 4) is 16.3 Å². The minimum Gasteiger partial charge on any atom is -0.504 e. The number of rotatable bonds is 6. The predicted molar refractivity (Wildman–Crippen MR) is 94.8 cm³/mol. The summed E-state index contributed by atoms with van der Waals surface area (Å²) in [5, 5.41) is 0.691. The summed E-state index contributed by atoms with van der Waals surface area (Å²) in [6, 6.07) is 5.39. The molecule has 6 heteroatoms. The Kier molecular flexibility index (Phi) is 5.93. The number of hydrogen-bond acceptors (Lipinski definition) is 5. The first-order chi connectivity index (χ1) is 11.5. The molecule has 0 unspecified atom stereocenters. The molecule has 0 atom stereocenters. The van der Waals surface area contributed by atoms with Crippen molar-refractivity contribution in [3.05, 3.63) is 40.2 Å². The van der Waals surface area contributed by atoms with Crippen molar-refractivity contribution in [2.75, 3.05) is 13.2 Å². The van der Waals surface area contributed by atoms with Gasteiger partial charge in [0.2, 0.25) is 5.69 Å². The van der Waals surface area contributed by atoms with Crippen LogP contribution in [0.5, 0.6) is 5.75 Å². The van der Waals surface area contributed by atoms with Crippen LogP contribution in [0.4, 0.5) is 5.69 Å². The molecule has 2 aromatic rings. The maximum absolute atomic E-state index is 11.9. The summed E-state index contributed by atoms with van der Waals surface area (Å²) in [6.45, 7) is 15.9. The van der Waals surface area contributed by atoms with Crippen LogP contribution in [0.3, 0.4) is 0 Å². The summed E-state index contributed by atoms with van der Waals surface area (Å²) in [4.78, 5) is 20.4. The molecule has 0 amide bonds. The molecular weight excluding hydrogens is 324 g/mol. The lowest BCUT2D eigenvalue weighted by Gasteiger charge is -2.10. The summed E-state index contributed by atoms with van der Waals surface area (Å²) in [5.74, 6) is 0.597. The van der Waals surface area contributed by atoms with Crippen molar-refractivity contribution in [3.63, 3.8) is 0 Å². The van der Waals surface area contributed by atoms with E-state index in [1.54, 1.807) is 26.0 Å². The second kappa shape index (κ2) is 7.93. The maximum Gasteiger partial charge on any atom is 0.350 e. The summed E-state index contributed by atoms with van der Waals surface area (Å²) in [6.07, 6.45) is 0. The minimum atomic E-state index is -0.360. The van der Waals surface area contributed by atoms with Gasteiger partial charge in [0.05, 0.1) is 25.5 Å². The molecule has 0 saturated heterocycles. The maximum atomic E-state index is 11.9. The number of carbonyl (C=O) groups is 1. The molecule has 0 saturated carbocycles. The zero-order valence-electron chi connectivity index (χ0n) is 14.3. The van der Waals surface area contributed by atoms with Gasteiger partial charge in [0, 0.05) is 5.56 Å².